The first kappa shape index (κ1) is 112. The van der Waals surface area contributed by atoms with Gasteiger partial charge in [-0.05, 0) is 36.4 Å². The Morgan fingerprint density at radius 2 is 0.450 bits per heavy atom. The van der Waals surface area contributed by atoms with E-state index in [9.17, 15) is 0 Å². The monoisotopic (exact) mass is 1380 g/mol. The third-order valence-corrected chi connectivity index (χ3v) is 6.83. The standard InChI is InChI=1S/C7H5N.4C7H7.2C6H6.C5H5N.C4H4N2.6C2H6.4CH3.4Y/c8-6-7-4-2-1-3-5-7;4*1-7-5-3-2-4-6-7;4*1-2-4-6-5-3-1;6*1-2;;;;;;;;/h1-5H;4*3-6H,1H3;2*1-6H;1-5H;1-4H;6*1-2H3;4*1H3;;;;/q;4*-1;;;;;;;;;;;4*-1;;;;. The molecule has 4 radical (unpaired) electrons. The number of aromatic nitrogens is 3. The zero-order valence-corrected chi connectivity index (χ0v) is 64.7. The van der Waals surface area contributed by atoms with Crippen LogP contribution in [0, 0.1) is 93.0 Å². The number of benzene rings is 7. The van der Waals surface area contributed by atoms with E-state index in [0.717, 1.165) is 0 Å². The van der Waals surface area contributed by atoms with Crippen molar-refractivity contribution in [2.75, 3.05) is 0 Å². The normalized spacial score (nSPS) is 6.69. The van der Waals surface area contributed by atoms with Crippen molar-refractivity contribution in [1.29, 1.82) is 5.26 Å². The van der Waals surface area contributed by atoms with Crippen molar-refractivity contribution in [2.45, 2.75) is 111 Å². The van der Waals surface area contributed by atoms with Crippen molar-refractivity contribution in [2.24, 2.45) is 0 Å². The van der Waals surface area contributed by atoms with Gasteiger partial charge in [0.2, 0.25) is 0 Å². The fourth-order valence-corrected chi connectivity index (χ4v) is 3.73. The van der Waals surface area contributed by atoms with Crippen LogP contribution in [0.2, 0.25) is 0 Å². The predicted molar refractivity (Wildman–Crippen MR) is 344 cm³/mol. The molecule has 0 bridgehead atoms. The molecule has 0 N–H and O–H groups in total. The zero-order valence-electron chi connectivity index (χ0n) is 53.3. The van der Waals surface area contributed by atoms with Crippen LogP contribution in [0.4, 0.5) is 0 Å². The maximum Gasteiger partial charge on any atom is 0.0991 e. The Labute approximate surface area is 597 Å². The van der Waals surface area contributed by atoms with Crippen molar-refractivity contribution in [3.8, 4) is 6.07 Å². The van der Waals surface area contributed by atoms with Crippen LogP contribution in [-0.4, -0.2) is 15.2 Å². The van der Waals surface area contributed by atoms with Gasteiger partial charge in [-0.15, -0.1) is 0 Å². The largest absolute Gasteiger partial charge is 0.358 e. The van der Waals surface area contributed by atoms with Gasteiger partial charge in [0.25, 0.3) is 0 Å². The summed E-state index contributed by atoms with van der Waals surface area (Å²) in [5.41, 5.74) is 5.88. The van der Waals surface area contributed by atoms with Crippen molar-refractivity contribution >= 4 is 0 Å². The molecule has 0 spiro atoms. The molecule has 2 heterocycles. The summed E-state index contributed by atoms with van der Waals surface area (Å²) < 4.78 is 0. The molecule has 4 nitrogen and oxygen atoms in total. The van der Waals surface area contributed by atoms with Crippen LogP contribution in [-0.2, 0) is 131 Å². The van der Waals surface area contributed by atoms with Gasteiger partial charge >= 0.3 is 0 Å². The molecule has 0 aliphatic rings. The number of aryl methyl sites for hydroxylation is 4. The van der Waals surface area contributed by atoms with Gasteiger partial charge in [-0.1, -0.05) is 208 Å². The van der Waals surface area contributed by atoms with E-state index in [-0.39, 0.29) is 161 Å². The molecule has 0 aliphatic heterocycles. The third-order valence-electron chi connectivity index (χ3n) is 6.83. The van der Waals surface area contributed by atoms with E-state index in [1.54, 1.807) is 36.9 Å². The summed E-state index contributed by atoms with van der Waals surface area (Å²) in [6, 6.07) is 87.8. The second-order valence-electron chi connectivity index (χ2n) is 12.0. The molecule has 0 unspecified atom stereocenters. The average molecular weight is 1380 g/mol. The van der Waals surface area contributed by atoms with Crippen molar-refractivity contribution < 1.29 is 131 Å². The summed E-state index contributed by atoms with van der Waals surface area (Å²) in [5, 5.41) is 15.4. The Kier molecular flexibility index (Phi) is 155. The number of rotatable bonds is 0. The van der Waals surface area contributed by atoms with Gasteiger partial charge in [0.15, 0.2) is 0 Å². The van der Waals surface area contributed by atoms with E-state index in [0.29, 0.717) is 5.56 Å². The van der Waals surface area contributed by atoms with E-state index >= 15 is 0 Å². The maximum absolute atomic E-state index is 8.29. The molecule has 430 valence electrons. The maximum atomic E-state index is 8.29. The molecule has 7 aromatic carbocycles. The summed E-state index contributed by atoms with van der Waals surface area (Å²) in [6.07, 6.45) is 6.78. The fraction of sp³-hybridized carbons (Fsp3) is 0.222. The van der Waals surface area contributed by atoms with Crippen LogP contribution in [0.15, 0.2) is 255 Å². The van der Waals surface area contributed by atoms with E-state index in [2.05, 4.69) is 67.1 Å². The second kappa shape index (κ2) is 111. The van der Waals surface area contributed by atoms with Crippen LogP contribution >= 0.6 is 0 Å². The second-order valence-corrected chi connectivity index (χ2v) is 12.0. The van der Waals surface area contributed by atoms with E-state index in [4.69, 9.17) is 5.26 Å². The van der Waals surface area contributed by atoms with Crippen molar-refractivity contribution in [3.05, 3.63) is 337 Å². The van der Waals surface area contributed by atoms with Gasteiger partial charge in [0.05, 0.1) is 11.6 Å². The molecule has 9 rings (SSSR count). The minimum Gasteiger partial charge on any atom is -0.358 e. The van der Waals surface area contributed by atoms with Gasteiger partial charge in [0.1, 0.15) is 0 Å². The van der Waals surface area contributed by atoms with Gasteiger partial charge < -0.3 is 29.7 Å². The smallest absolute Gasteiger partial charge is 0.0991 e. The predicted octanol–water partition coefficient (Wildman–Crippen LogP) is 21.6. The van der Waals surface area contributed by atoms with Gasteiger partial charge in [0, 0.05) is 156 Å². The molecule has 0 saturated heterocycles. The molecule has 0 amide bonds. The Bertz CT molecular complexity index is 1790. The van der Waals surface area contributed by atoms with Crippen LogP contribution in [0.1, 0.15) is 111 Å². The Morgan fingerprint density at radius 1 is 0.275 bits per heavy atom. The summed E-state index contributed by atoms with van der Waals surface area (Å²) >= 11 is 0. The first-order chi connectivity index (χ1) is 35.5. The molecule has 2 aromatic heterocycles. The molecule has 8 heteroatoms. The topological polar surface area (TPSA) is 62.5 Å². The minimum absolute atomic E-state index is 0. The molecule has 9 aromatic rings. The van der Waals surface area contributed by atoms with E-state index in [1.165, 1.54) is 22.3 Å². The quantitative estimate of drug-likeness (QED) is 0.142. The summed E-state index contributed by atoms with van der Waals surface area (Å²) in [4.78, 5) is 3.78. The fourth-order valence-electron chi connectivity index (χ4n) is 3.73. The van der Waals surface area contributed by atoms with Crippen LogP contribution in [0.25, 0.3) is 0 Å². The Balaban J connectivity index is -0.0000000493. The van der Waals surface area contributed by atoms with E-state index in [1.807, 2.05) is 308 Å². The third kappa shape index (κ3) is 103. The average Bonchev–Trinajstić information content (AvgIpc) is 3.50. The number of nitrogens with zero attached hydrogens (tertiary/aromatic N) is 4. The van der Waals surface area contributed by atoms with Gasteiger partial charge in [-0.3, -0.25) is 4.98 Å². The molecular weight excluding hydrogens is 1280 g/mol. The van der Waals surface area contributed by atoms with Crippen molar-refractivity contribution in [3.63, 3.8) is 0 Å². The van der Waals surface area contributed by atoms with Gasteiger partial charge in [-0.25, -0.2) is 0 Å². The minimum atomic E-state index is 0. The SMILES string of the molecule is CC.CC.CC.CC.CC.CC.Cc1cc[c-]cc1.Cc1cc[c-]cc1.Cc1cc[c-]cc1.Cc1cc[c-]cc1.N#Cc1ccccc1.[CH3-].[CH3-].[CH3-].[CH3-].[Y].[Y].[Y].[Y].c1ccccc1.c1ccccc1.c1ccncc1.c1ccnnc1. The molecular formula is C72H102N4Y4-8. The molecule has 0 saturated carbocycles. The van der Waals surface area contributed by atoms with Crippen molar-refractivity contribution in [1.82, 2.24) is 15.2 Å². The summed E-state index contributed by atoms with van der Waals surface area (Å²) in [5.74, 6) is 0. The Hall–Kier alpha value is -3.32. The molecule has 80 heavy (non-hydrogen) atoms. The van der Waals surface area contributed by atoms with Crippen LogP contribution < -0.4 is 0 Å². The molecule has 0 aliphatic carbocycles. The van der Waals surface area contributed by atoms with Crippen LogP contribution in [0.3, 0.4) is 0 Å². The number of pyridine rings is 1. The van der Waals surface area contributed by atoms with Gasteiger partial charge in [-0.2, -0.15) is 159 Å². The summed E-state index contributed by atoms with van der Waals surface area (Å²) in [7, 11) is 0. The Morgan fingerprint density at radius 3 is 0.550 bits per heavy atom. The first-order valence-electron chi connectivity index (χ1n) is 25.2. The first-order valence-corrected chi connectivity index (χ1v) is 25.2. The number of hydrogen-bond acceptors (Lipinski definition) is 4. The molecule has 0 atom stereocenters. The van der Waals surface area contributed by atoms with Crippen LogP contribution in [0.5, 0.6) is 0 Å². The number of nitriles is 1. The molecule has 0 fully saturated rings. The zero-order chi connectivity index (χ0) is 55.2. The number of hydrogen-bond donors (Lipinski definition) is 0. The van der Waals surface area contributed by atoms with E-state index < -0.39 is 0 Å². The summed E-state index contributed by atoms with van der Waals surface area (Å²) in [6.45, 7) is 32.3.